The Morgan fingerprint density at radius 2 is 1.65 bits per heavy atom. The summed E-state index contributed by atoms with van der Waals surface area (Å²) in [5.74, 6) is -0.512. The number of fused-ring (bicyclic) bond motifs is 1. The largest absolute Gasteiger partial charge is 0.379 e. The minimum atomic E-state index is -0.325. The summed E-state index contributed by atoms with van der Waals surface area (Å²) in [5, 5.41) is 0.428. The molecule has 6 nitrogen and oxygen atoms in total. The van der Waals surface area contributed by atoms with E-state index in [1.54, 1.807) is 29.2 Å². The molecule has 2 fully saturated rings. The van der Waals surface area contributed by atoms with E-state index < -0.39 is 0 Å². The van der Waals surface area contributed by atoms with E-state index in [1.165, 1.54) is 4.90 Å². The Hall–Kier alpha value is -2.23. The first-order valence-corrected chi connectivity index (χ1v) is 11.4. The van der Waals surface area contributed by atoms with Crippen LogP contribution in [-0.4, -0.2) is 54.0 Å². The van der Waals surface area contributed by atoms with Gasteiger partial charge in [-0.3, -0.25) is 24.3 Å². The van der Waals surface area contributed by atoms with Crippen molar-refractivity contribution in [3.05, 3.63) is 64.0 Å². The summed E-state index contributed by atoms with van der Waals surface area (Å²) in [5.41, 5.74) is 2.47. The second kappa shape index (κ2) is 8.37. The Labute approximate surface area is 194 Å². The Balaban J connectivity index is 1.55. The summed E-state index contributed by atoms with van der Waals surface area (Å²) in [4.78, 5) is 32.6. The van der Waals surface area contributed by atoms with Crippen LogP contribution < -0.4 is 9.80 Å². The van der Waals surface area contributed by atoms with Crippen LogP contribution in [0.3, 0.4) is 0 Å². The zero-order valence-corrected chi connectivity index (χ0v) is 18.8. The molecule has 3 heterocycles. The molecule has 0 radical (unpaired) electrons. The molecular formula is C22H18ClN3O3S2. The van der Waals surface area contributed by atoms with Crippen LogP contribution in [0.15, 0.2) is 53.4 Å². The Bertz CT molecular complexity index is 1130. The monoisotopic (exact) mass is 471 g/mol. The number of hydrogen-bond acceptors (Lipinski definition) is 6. The molecule has 2 amide bonds. The predicted octanol–water partition coefficient (Wildman–Crippen LogP) is 3.75. The highest BCUT2D eigenvalue weighted by Gasteiger charge is 2.43. The van der Waals surface area contributed by atoms with Crippen LogP contribution in [0, 0.1) is 0 Å². The van der Waals surface area contributed by atoms with E-state index in [4.69, 9.17) is 28.6 Å². The molecule has 0 saturated carbocycles. The zero-order valence-electron chi connectivity index (χ0n) is 16.4. The van der Waals surface area contributed by atoms with E-state index >= 15 is 0 Å². The molecule has 31 heavy (non-hydrogen) atoms. The minimum absolute atomic E-state index is 0.188. The van der Waals surface area contributed by atoms with Gasteiger partial charge in [-0.25, -0.2) is 0 Å². The van der Waals surface area contributed by atoms with Crippen LogP contribution in [0.5, 0.6) is 0 Å². The molecule has 0 aromatic heterocycles. The summed E-state index contributed by atoms with van der Waals surface area (Å²) in [6.45, 7) is 3.26. The van der Waals surface area contributed by atoms with Gasteiger partial charge in [0.1, 0.15) is 0 Å². The second-order valence-electron chi connectivity index (χ2n) is 7.29. The molecular weight excluding hydrogens is 454 g/mol. The number of nitrogens with zero attached hydrogens (tertiary/aromatic N) is 3. The van der Waals surface area contributed by atoms with Gasteiger partial charge in [-0.15, -0.1) is 0 Å². The lowest BCUT2D eigenvalue weighted by atomic mass is 10.1. The molecule has 3 aliphatic rings. The van der Waals surface area contributed by atoms with E-state index in [1.807, 2.05) is 24.3 Å². The topological polar surface area (TPSA) is 53.1 Å². The Kier molecular flexibility index (Phi) is 5.58. The van der Waals surface area contributed by atoms with E-state index in [-0.39, 0.29) is 11.8 Å². The smallest absolute Gasteiger partial charge is 0.271 e. The first-order chi connectivity index (χ1) is 15.1. The second-order valence-corrected chi connectivity index (χ2v) is 9.34. The van der Waals surface area contributed by atoms with Crippen LogP contribution in [0.4, 0.5) is 11.4 Å². The number of hydrogen-bond donors (Lipinski definition) is 0. The predicted molar refractivity (Wildman–Crippen MR) is 127 cm³/mol. The van der Waals surface area contributed by atoms with E-state index in [9.17, 15) is 9.59 Å². The number of halogens is 1. The molecule has 9 heteroatoms. The fourth-order valence-electron chi connectivity index (χ4n) is 3.94. The van der Waals surface area contributed by atoms with E-state index in [0.29, 0.717) is 45.4 Å². The number of para-hydroxylation sites is 2. The summed E-state index contributed by atoms with van der Waals surface area (Å²) >= 11 is 13.0. The molecule has 2 aromatic carbocycles. The Morgan fingerprint density at radius 3 is 2.39 bits per heavy atom. The van der Waals surface area contributed by atoms with Gasteiger partial charge in [-0.05, 0) is 18.2 Å². The molecule has 0 aliphatic carbocycles. The molecule has 0 atom stereocenters. The lowest BCUT2D eigenvalue weighted by Crippen LogP contribution is -2.45. The van der Waals surface area contributed by atoms with Gasteiger partial charge in [0.2, 0.25) is 0 Å². The fourth-order valence-corrected chi connectivity index (χ4v) is 5.52. The van der Waals surface area contributed by atoms with Crippen LogP contribution in [0.25, 0.3) is 5.57 Å². The van der Waals surface area contributed by atoms with Gasteiger partial charge in [-0.2, -0.15) is 0 Å². The van der Waals surface area contributed by atoms with Gasteiger partial charge in [-0.1, -0.05) is 65.9 Å². The molecule has 0 N–H and O–H groups in total. The van der Waals surface area contributed by atoms with Crippen molar-refractivity contribution in [3.8, 4) is 0 Å². The lowest BCUT2D eigenvalue weighted by molar-refractivity contribution is -0.115. The van der Waals surface area contributed by atoms with Gasteiger partial charge >= 0.3 is 0 Å². The van der Waals surface area contributed by atoms with Crippen molar-refractivity contribution >= 4 is 68.7 Å². The number of ether oxygens (including phenoxy) is 1. The Morgan fingerprint density at radius 1 is 0.968 bits per heavy atom. The first-order valence-electron chi connectivity index (χ1n) is 9.82. The van der Waals surface area contributed by atoms with Gasteiger partial charge in [0.15, 0.2) is 4.32 Å². The molecule has 0 bridgehead atoms. The average Bonchev–Trinajstić information content (AvgIpc) is 3.22. The maximum Gasteiger partial charge on any atom is 0.271 e. The molecule has 0 spiro atoms. The SMILES string of the molecule is O=C1C(=C2SC(=S)N(c3ccccc3Cl)C2=O)c2ccccc2N1CN1CCOCC1. The molecule has 2 saturated heterocycles. The molecule has 158 valence electrons. The summed E-state index contributed by atoms with van der Waals surface area (Å²) in [7, 11) is 0. The standard InChI is InChI=1S/C22H18ClN3O3S2/c23-15-6-2-4-8-17(15)26-21(28)19(31-22(26)30)18-14-5-1-3-7-16(14)25(20(18)27)13-24-9-11-29-12-10-24/h1-8H,9-13H2. The van der Waals surface area contributed by atoms with Crippen molar-refractivity contribution in [2.45, 2.75) is 0 Å². The summed E-state index contributed by atoms with van der Waals surface area (Å²) < 4.78 is 5.78. The number of thiocarbonyl (C=S) groups is 1. The molecule has 0 unspecified atom stereocenters. The van der Waals surface area contributed by atoms with Crippen molar-refractivity contribution in [2.75, 3.05) is 42.8 Å². The minimum Gasteiger partial charge on any atom is -0.379 e. The molecule has 3 aliphatic heterocycles. The van der Waals surface area contributed by atoms with E-state index in [0.717, 1.165) is 36.1 Å². The highest BCUT2D eigenvalue weighted by molar-refractivity contribution is 8.27. The maximum atomic E-state index is 13.5. The van der Waals surface area contributed by atoms with Crippen LogP contribution in [0.2, 0.25) is 5.02 Å². The molecule has 5 rings (SSSR count). The average molecular weight is 472 g/mol. The lowest BCUT2D eigenvalue weighted by Gasteiger charge is -2.30. The van der Waals surface area contributed by atoms with Crippen molar-refractivity contribution in [1.82, 2.24) is 4.90 Å². The van der Waals surface area contributed by atoms with Gasteiger partial charge in [0.05, 0.1) is 46.8 Å². The number of benzene rings is 2. The normalized spacial score (nSPS) is 21.9. The van der Waals surface area contributed by atoms with Crippen molar-refractivity contribution in [1.29, 1.82) is 0 Å². The summed E-state index contributed by atoms with van der Waals surface area (Å²) in [6.07, 6.45) is 0. The number of amides is 2. The number of thioether (sulfide) groups is 1. The van der Waals surface area contributed by atoms with Crippen LogP contribution >= 0.6 is 35.6 Å². The highest BCUT2D eigenvalue weighted by atomic mass is 35.5. The van der Waals surface area contributed by atoms with Crippen molar-refractivity contribution < 1.29 is 14.3 Å². The van der Waals surface area contributed by atoms with Gasteiger partial charge in [0.25, 0.3) is 11.8 Å². The summed E-state index contributed by atoms with van der Waals surface area (Å²) in [6, 6.07) is 14.6. The fraction of sp³-hybridized carbons (Fsp3) is 0.227. The first kappa shape index (κ1) is 20.7. The van der Waals surface area contributed by atoms with Crippen LogP contribution in [0.1, 0.15) is 5.56 Å². The van der Waals surface area contributed by atoms with E-state index in [2.05, 4.69) is 4.90 Å². The van der Waals surface area contributed by atoms with Crippen molar-refractivity contribution in [2.24, 2.45) is 0 Å². The highest BCUT2D eigenvalue weighted by Crippen LogP contribution is 2.46. The molecule has 2 aromatic rings. The number of morpholine rings is 1. The number of carbonyl (C=O) groups is 2. The number of rotatable bonds is 3. The zero-order chi connectivity index (χ0) is 21.5. The number of anilines is 2. The van der Waals surface area contributed by atoms with Crippen molar-refractivity contribution in [3.63, 3.8) is 0 Å². The number of carbonyl (C=O) groups excluding carboxylic acids is 2. The third-order valence-corrected chi connectivity index (χ3v) is 7.15. The third kappa shape index (κ3) is 3.58. The van der Waals surface area contributed by atoms with Crippen LogP contribution in [-0.2, 0) is 14.3 Å². The van der Waals surface area contributed by atoms with Gasteiger partial charge in [0, 0.05) is 18.7 Å². The maximum absolute atomic E-state index is 13.5. The van der Waals surface area contributed by atoms with Gasteiger partial charge < -0.3 is 4.74 Å². The quantitative estimate of drug-likeness (QED) is 0.502. The third-order valence-electron chi connectivity index (χ3n) is 5.46.